The lowest BCUT2D eigenvalue weighted by Gasteiger charge is -2.30. The molecule has 0 saturated carbocycles. The van der Waals surface area contributed by atoms with Gasteiger partial charge in [0, 0.05) is 12.6 Å². The van der Waals surface area contributed by atoms with Crippen molar-refractivity contribution in [3.05, 3.63) is 0 Å². The molecule has 0 amide bonds. The van der Waals surface area contributed by atoms with E-state index in [-0.39, 0.29) is 13.0 Å². The standard InChI is InChI=1S/C13H22N2O8/c1-2-9(15(7-12(20)21)8-13(22)23)3-4-14(5-10(16)17)6-11(18)19/h9H,2-8H2,1H3,(H,16,17)(H,18,19)(H,20,21)(H,22,23)/t9-/m1/s1. The van der Waals surface area contributed by atoms with Gasteiger partial charge < -0.3 is 20.4 Å². The fraction of sp³-hybridized carbons (Fsp3) is 0.692. The van der Waals surface area contributed by atoms with Crippen LogP contribution in [0.4, 0.5) is 0 Å². The minimum absolute atomic E-state index is 0.104. The van der Waals surface area contributed by atoms with E-state index in [9.17, 15) is 19.2 Å². The molecule has 0 fully saturated rings. The first kappa shape index (κ1) is 20.8. The zero-order valence-corrected chi connectivity index (χ0v) is 12.8. The molecule has 0 aliphatic carbocycles. The number of carboxylic acids is 4. The normalized spacial score (nSPS) is 12.3. The van der Waals surface area contributed by atoms with Gasteiger partial charge in [-0.3, -0.25) is 29.0 Å². The van der Waals surface area contributed by atoms with Gasteiger partial charge in [-0.25, -0.2) is 0 Å². The first-order chi connectivity index (χ1) is 10.6. The summed E-state index contributed by atoms with van der Waals surface area (Å²) in [6.07, 6.45) is 0.714. The van der Waals surface area contributed by atoms with E-state index < -0.39 is 56.1 Å². The minimum Gasteiger partial charge on any atom is -0.480 e. The molecule has 10 heteroatoms. The Morgan fingerprint density at radius 2 is 1.17 bits per heavy atom. The summed E-state index contributed by atoms with van der Waals surface area (Å²) in [5.74, 6) is -4.69. The summed E-state index contributed by atoms with van der Waals surface area (Å²) >= 11 is 0. The largest absolute Gasteiger partial charge is 0.480 e. The lowest BCUT2D eigenvalue weighted by Crippen LogP contribution is -2.44. The Bertz CT molecular complexity index is 408. The van der Waals surface area contributed by atoms with Crippen molar-refractivity contribution in [1.82, 2.24) is 9.80 Å². The van der Waals surface area contributed by atoms with Crippen LogP contribution < -0.4 is 0 Å². The number of carbonyl (C=O) groups is 4. The second kappa shape index (κ2) is 10.5. The van der Waals surface area contributed by atoms with Crippen molar-refractivity contribution in [2.24, 2.45) is 0 Å². The third-order valence-electron chi connectivity index (χ3n) is 3.16. The van der Waals surface area contributed by atoms with Gasteiger partial charge in [-0.05, 0) is 12.8 Å². The summed E-state index contributed by atoms with van der Waals surface area (Å²) in [5, 5.41) is 35.2. The van der Waals surface area contributed by atoms with Crippen LogP contribution in [0.15, 0.2) is 0 Å². The maximum Gasteiger partial charge on any atom is 0.317 e. The molecule has 10 nitrogen and oxygen atoms in total. The second-order valence-corrected chi connectivity index (χ2v) is 5.04. The van der Waals surface area contributed by atoms with Gasteiger partial charge in [-0.1, -0.05) is 6.92 Å². The first-order valence-corrected chi connectivity index (χ1v) is 6.99. The van der Waals surface area contributed by atoms with Gasteiger partial charge in [-0.15, -0.1) is 0 Å². The van der Waals surface area contributed by atoms with Crippen molar-refractivity contribution in [2.75, 3.05) is 32.7 Å². The highest BCUT2D eigenvalue weighted by Crippen LogP contribution is 2.10. The molecule has 1 atom stereocenters. The van der Waals surface area contributed by atoms with E-state index in [1.54, 1.807) is 6.92 Å². The Balaban J connectivity index is 4.83. The molecule has 0 radical (unpaired) electrons. The third-order valence-corrected chi connectivity index (χ3v) is 3.16. The molecule has 0 saturated heterocycles. The van der Waals surface area contributed by atoms with E-state index in [0.717, 1.165) is 0 Å². The molecule has 0 aromatic carbocycles. The number of aliphatic carboxylic acids is 4. The Morgan fingerprint density at radius 3 is 1.48 bits per heavy atom. The number of nitrogens with zero attached hydrogens (tertiary/aromatic N) is 2. The molecule has 0 aromatic heterocycles. The maximum absolute atomic E-state index is 10.8. The van der Waals surface area contributed by atoms with E-state index in [0.29, 0.717) is 6.42 Å². The number of hydrogen-bond donors (Lipinski definition) is 4. The van der Waals surface area contributed by atoms with Gasteiger partial charge in [0.1, 0.15) is 0 Å². The highest BCUT2D eigenvalue weighted by Gasteiger charge is 2.23. The molecule has 0 unspecified atom stereocenters. The van der Waals surface area contributed by atoms with Gasteiger partial charge >= 0.3 is 23.9 Å². The van der Waals surface area contributed by atoms with Gasteiger partial charge in [0.25, 0.3) is 0 Å². The van der Waals surface area contributed by atoms with Crippen LogP contribution in [-0.4, -0.2) is 92.9 Å². The molecule has 23 heavy (non-hydrogen) atoms. The van der Waals surface area contributed by atoms with Crippen LogP contribution >= 0.6 is 0 Å². The summed E-state index contributed by atoms with van der Waals surface area (Å²) in [4.78, 5) is 45.6. The fourth-order valence-corrected chi connectivity index (χ4v) is 2.23. The summed E-state index contributed by atoms with van der Waals surface area (Å²) in [6, 6.07) is -0.410. The Kier molecular flexibility index (Phi) is 9.51. The fourth-order valence-electron chi connectivity index (χ4n) is 2.23. The Hall–Kier alpha value is -2.20. The van der Waals surface area contributed by atoms with Crippen LogP contribution in [0.2, 0.25) is 0 Å². The molecule has 0 rings (SSSR count). The zero-order chi connectivity index (χ0) is 18.0. The molecule has 132 valence electrons. The van der Waals surface area contributed by atoms with Gasteiger partial charge in [0.2, 0.25) is 0 Å². The number of hydrogen-bond acceptors (Lipinski definition) is 6. The first-order valence-electron chi connectivity index (χ1n) is 6.99. The Morgan fingerprint density at radius 1 is 0.783 bits per heavy atom. The van der Waals surface area contributed by atoms with Crippen molar-refractivity contribution < 1.29 is 39.6 Å². The second-order valence-electron chi connectivity index (χ2n) is 5.04. The van der Waals surface area contributed by atoms with Crippen molar-refractivity contribution >= 4 is 23.9 Å². The molecular weight excluding hydrogens is 312 g/mol. The van der Waals surface area contributed by atoms with Crippen molar-refractivity contribution in [1.29, 1.82) is 0 Å². The SMILES string of the molecule is CC[C@H](CCN(CC(=O)O)CC(=O)O)N(CC(=O)O)CC(=O)O. The number of carboxylic acid groups (broad SMARTS) is 4. The van der Waals surface area contributed by atoms with Crippen molar-refractivity contribution in [3.8, 4) is 0 Å². The molecule has 0 spiro atoms. The smallest absolute Gasteiger partial charge is 0.317 e. The predicted octanol–water partition coefficient (Wildman–Crippen LogP) is -0.902. The van der Waals surface area contributed by atoms with Crippen LogP contribution in [0.3, 0.4) is 0 Å². The highest BCUT2D eigenvalue weighted by atomic mass is 16.4. The van der Waals surface area contributed by atoms with Gasteiger partial charge in [0.05, 0.1) is 26.2 Å². The van der Waals surface area contributed by atoms with Crippen LogP contribution in [0.5, 0.6) is 0 Å². The molecule has 4 N–H and O–H groups in total. The maximum atomic E-state index is 10.8. The van der Waals surface area contributed by atoms with Crippen molar-refractivity contribution in [3.63, 3.8) is 0 Å². The Labute approximate surface area is 132 Å². The minimum atomic E-state index is -1.17. The van der Waals surface area contributed by atoms with Crippen LogP contribution in [0.25, 0.3) is 0 Å². The summed E-state index contributed by atoms with van der Waals surface area (Å²) < 4.78 is 0. The average Bonchev–Trinajstić information content (AvgIpc) is 2.36. The monoisotopic (exact) mass is 334 g/mol. The average molecular weight is 334 g/mol. The lowest BCUT2D eigenvalue weighted by atomic mass is 10.1. The van der Waals surface area contributed by atoms with Gasteiger partial charge in [-0.2, -0.15) is 0 Å². The van der Waals surface area contributed by atoms with E-state index in [1.165, 1.54) is 9.80 Å². The quantitative estimate of drug-likeness (QED) is 0.333. The molecule has 0 aliphatic rings. The van der Waals surface area contributed by atoms with Crippen LogP contribution in [0, 0.1) is 0 Å². The zero-order valence-electron chi connectivity index (χ0n) is 12.8. The highest BCUT2D eigenvalue weighted by molar-refractivity contribution is 5.73. The summed E-state index contributed by atoms with van der Waals surface area (Å²) in [5.41, 5.74) is 0. The molecule has 0 aliphatic heterocycles. The van der Waals surface area contributed by atoms with Crippen molar-refractivity contribution in [2.45, 2.75) is 25.8 Å². The predicted molar refractivity (Wildman–Crippen MR) is 77.3 cm³/mol. The molecule has 0 aromatic rings. The van der Waals surface area contributed by atoms with Crippen LogP contribution in [-0.2, 0) is 19.2 Å². The number of rotatable bonds is 13. The van der Waals surface area contributed by atoms with E-state index >= 15 is 0 Å². The van der Waals surface area contributed by atoms with E-state index in [1.807, 2.05) is 0 Å². The third kappa shape index (κ3) is 10.2. The van der Waals surface area contributed by atoms with E-state index in [2.05, 4.69) is 0 Å². The van der Waals surface area contributed by atoms with Crippen LogP contribution in [0.1, 0.15) is 19.8 Å². The van der Waals surface area contributed by atoms with Gasteiger partial charge in [0.15, 0.2) is 0 Å². The summed E-state index contributed by atoms with van der Waals surface area (Å²) in [7, 11) is 0. The molecule has 0 heterocycles. The lowest BCUT2D eigenvalue weighted by molar-refractivity contribution is -0.143. The molecule has 0 bridgehead atoms. The summed E-state index contributed by atoms with van der Waals surface area (Å²) in [6.45, 7) is 0.0273. The topological polar surface area (TPSA) is 156 Å². The molecular formula is C13H22N2O8. The van der Waals surface area contributed by atoms with E-state index in [4.69, 9.17) is 20.4 Å².